The van der Waals surface area contributed by atoms with Gasteiger partial charge < -0.3 is 0 Å². The zero-order chi connectivity index (χ0) is 9.26. The molecule has 2 aromatic rings. The zero-order valence-corrected chi connectivity index (χ0v) is 9.65. The van der Waals surface area contributed by atoms with Crippen LogP contribution in [0.3, 0.4) is 0 Å². The molecule has 1 heterocycles. The summed E-state index contributed by atoms with van der Waals surface area (Å²) in [5.74, 6) is 0. The molecule has 2 heteroatoms. The first-order valence-electron chi connectivity index (χ1n) is 4.07. The van der Waals surface area contributed by atoms with Gasteiger partial charge in [-0.15, -0.1) is 11.3 Å². The maximum Gasteiger partial charge on any atom is 0.0354 e. The van der Waals surface area contributed by atoms with Crippen LogP contribution in [-0.4, -0.2) is 0 Å². The summed E-state index contributed by atoms with van der Waals surface area (Å²) in [7, 11) is 0. The third-order valence-electron chi connectivity index (χ3n) is 1.91. The van der Waals surface area contributed by atoms with E-state index in [4.69, 9.17) is 0 Å². The number of thiophene rings is 1. The van der Waals surface area contributed by atoms with Gasteiger partial charge in [0.25, 0.3) is 0 Å². The van der Waals surface area contributed by atoms with Crippen LogP contribution in [0.1, 0.15) is 5.56 Å². The molecule has 0 atom stereocenters. The van der Waals surface area contributed by atoms with Gasteiger partial charge in [0.1, 0.15) is 0 Å². The third-order valence-corrected chi connectivity index (χ3v) is 3.50. The minimum absolute atomic E-state index is 1.17. The Kier molecular flexibility index (Phi) is 2.51. The highest BCUT2D eigenvalue weighted by atomic mass is 79.9. The maximum atomic E-state index is 3.56. The second kappa shape index (κ2) is 3.64. The summed E-state index contributed by atoms with van der Waals surface area (Å²) in [5, 5.41) is 2.10. The van der Waals surface area contributed by atoms with Crippen LogP contribution in [0, 0.1) is 6.92 Å². The second-order valence-corrected chi connectivity index (χ2v) is 4.76. The molecular formula is C11H9BrS. The largest absolute Gasteiger partial charge is 0.144 e. The van der Waals surface area contributed by atoms with Gasteiger partial charge in [-0.25, -0.2) is 0 Å². The van der Waals surface area contributed by atoms with Crippen LogP contribution < -0.4 is 0 Å². The first kappa shape index (κ1) is 8.97. The van der Waals surface area contributed by atoms with E-state index in [-0.39, 0.29) is 0 Å². The van der Waals surface area contributed by atoms with Crippen LogP contribution in [0.4, 0.5) is 0 Å². The maximum absolute atomic E-state index is 3.56. The highest BCUT2D eigenvalue weighted by Gasteiger charge is 2.03. The predicted octanol–water partition coefficient (Wildman–Crippen LogP) is 4.49. The highest BCUT2D eigenvalue weighted by Crippen LogP contribution is 2.32. The smallest absolute Gasteiger partial charge is 0.0354 e. The lowest BCUT2D eigenvalue weighted by Gasteiger charge is -2.02. The van der Waals surface area contributed by atoms with Crippen molar-refractivity contribution in [1.29, 1.82) is 0 Å². The number of halogens is 1. The van der Waals surface area contributed by atoms with E-state index in [0.717, 1.165) is 0 Å². The average molecular weight is 253 g/mol. The van der Waals surface area contributed by atoms with Gasteiger partial charge in [-0.2, -0.15) is 0 Å². The Labute approximate surface area is 90.4 Å². The first-order valence-corrected chi connectivity index (χ1v) is 5.74. The molecule has 1 aromatic heterocycles. The van der Waals surface area contributed by atoms with Crippen molar-refractivity contribution >= 4 is 27.3 Å². The summed E-state index contributed by atoms with van der Waals surface area (Å²) in [4.78, 5) is 1.32. The fraction of sp³-hybridized carbons (Fsp3) is 0.0909. The van der Waals surface area contributed by atoms with E-state index in [1.165, 1.54) is 20.5 Å². The van der Waals surface area contributed by atoms with Crippen molar-refractivity contribution in [2.24, 2.45) is 0 Å². The quantitative estimate of drug-likeness (QED) is 0.702. The van der Waals surface area contributed by atoms with Gasteiger partial charge in [-0.05, 0) is 30.5 Å². The Morgan fingerprint density at radius 3 is 2.77 bits per heavy atom. The van der Waals surface area contributed by atoms with E-state index >= 15 is 0 Å². The first-order chi connectivity index (χ1) is 6.27. The number of hydrogen-bond acceptors (Lipinski definition) is 1. The molecule has 13 heavy (non-hydrogen) atoms. The molecule has 1 aromatic carbocycles. The fourth-order valence-corrected chi connectivity index (χ4v) is 2.61. The summed E-state index contributed by atoms with van der Waals surface area (Å²) in [6.45, 7) is 2.11. The molecule has 0 unspecified atom stereocenters. The lowest BCUT2D eigenvalue weighted by Crippen LogP contribution is -1.77. The molecule has 0 N–H and O–H groups in total. The van der Waals surface area contributed by atoms with Crippen LogP contribution in [0.2, 0.25) is 0 Å². The molecule has 0 radical (unpaired) electrons. The van der Waals surface area contributed by atoms with Gasteiger partial charge in [-0.3, -0.25) is 0 Å². The Morgan fingerprint density at radius 2 is 2.08 bits per heavy atom. The van der Waals surface area contributed by atoms with Crippen LogP contribution in [-0.2, 0) is 0 Å². The van der Waals surface area contributed by atoms with Gasteiger partial charge in [0.15, 0.2) is 0 Å². The molecule has 0 saturated heterocycles. The molecule has 0 amide bonds. The van der Waals surface area contributed by atoms with E-state index in [1.807, 2.05) is 0 Å². The van der Waals surface area contributed by atoms with Crippen LogP contribution in [0.5, 0.6) is 0 Å². The van der Waals surface area contributed by atoms with Crippen LogP contribution in [0.25, 0.3) is 10.4 Å². The van der Waals surface area contributed by atoms with Crippen molar-refractivity contribution in [2.75, 3.05) is 0 Å². The van der Waals surface area contributed by atoms with E-state index in [9.17, 15) is 0 Å². The van der Waals surface area contributed by atoms with Gasteiger partial charge in [-0.1, -0.05) is 33.6 Å². The molecule has 0 aliphatic heterocycles. The molecule has 0 spiro atoms. The Morgan fingerprint density at radius 1 is 1.23 bits per heavy atom. The van der Waals surface area contributed by atoms with E-state index in [1.54, 1.807) is 11.3 Å². The third kappa shape index (κ3) is 1.84. The molecule has 2 rings (SSSR count). The highest BCUT2D eigenvalue weighted by molar-refractivity contribution is 9.10. The SMILES string of the molecule is Cc1ccc(Br)c(-c2cccs2)c1. The molecule has 0 fully saturated rings. The molecule has 66 valence electrons. The van der Waals surface area contributed by atoms with Crippen molar-refractivity contribution in [1.82, 2.24) is 0 Å². The lowest BCUT2D eigenvalue weighted by molar-refractivity contribution is 1.46. The number of benzene rings is 1. The topological polar surface area (TPSA) is 0 Å². The fourth-order valence-electron chi connectivity index (χ4n) is 1.26. The van der Waals surface area contributed by atoms with Crippen molar-refractivity contribution < 1.29 is 0 Å². The average Bonchev–Trinajstić information content (AvgIpc) is 2.61. The standard InChI is InChI=1S/C11H9BrS/c1-8-4-5-10(12)9(7-8)11-3-2-6-13-11/h2-7H,1H3. The molecule has 0 bridgehead atoms. The number of rotatable bonds is 1. The molecule has 0 aliphatic carbocycles. The van der Waals surface area contributed by atoms with E-state index in [2.05, 4.69) is 58.6 Å². The van der Waals surface area contributed by atoms with Gasteiger partial charge >= 0.3 is 0 Å². The van der Waals surface area contributed by atoms with Gasteiger partial charge in [0.2, 0.25) is 0 Å². The minimum Gasteiger partial charge on any atom is -0.144 e. The van der Waals surface area contributed by atoms with Crippen molar-refractivity contribution in [2.45, 2.75) is 6.92 Å². The van der Waals surface area contributed by atoms with Crippen molar-refractivity contribution in [3.05, 3.63) is 45.7 Å². The Hall–Kier alpha value is -0.600. The van der Waals surface area contributed by atoms with E-state index < -0.39 is 0 Å². The van der Waals surface area contributed by atoms with Crippen LogP contribution >= 0.6 is 27.3 Å². The Bertz CT molecular complexity index is 404. The normalized spacial score (nSPS) is 10.3. The summed E-state index contributed by atoms with van der Waals surface area (Å²) in [6, 6.07) is 10.6. The summed E-state index contributed by atoms with van der Waals surface area (Å²) >= 11 is 5.33. The summed E-state index contributed by atoms with van der Waals surface area (Å²) in [6.07, 6.45) is 0. The van der Waals surface area contributed by atoms with Gasteiger partial charge in [0, 0.05) is 14.9 Å². The van der Waals surface area contributed by atoms with Crippen LogP contribution in [0.15, 0.2) is 40.2 Å². The molecule has 0 nitrogen and oxygen atoms in total. The molecule has 0 saturated carbocycles. The van der Waals surface area contributed by atoms with Gasteiger partial charge in [0.05, 0.1) is 0 Å². The van der Waals surface area contributed by atoms with Crippen molar-refractivity contribution in [3.63, 3.8) is 0 Å². The minimum atomic E-state index is 1.17. The second-order valence-electron chi connectivity index (χ2n) is 2.96. The molecule has 0 aliphatic rings. The monoisotopic (exact) mass is 252 g/mol. The van der Waals surface area contributed by atoms with Crippen molar-refractivity contribution in [3.8, 4) is 10.4 Å². The zero-order valence-electron chi connectivity index (χ0n) is 7.25. The molecular weight excluding hydrogens is 244 g/mol. The summed E-state index contributed by atoms with van der Waals surface area (Å²) < 4.78 is 1.17. The summed E-state index contributed by atoms with van der Waals surface area (Å²) in [5.41, 5.74) is 2.58. The van der Waals surface area contributed by atoms with E-state index in [0.29, 0.717) is 0 Å². The Balaban J connectivity index is 2.57. The number of hydrogen-bond donors (Lipinski definition) is 0. The lowest BCUT2D eigenvalue weighted by atomic mass is 10.1. The predicted molar refractivity (Wildman–Crippen MR) is 62.2 cm³/mol. The number of aryl methyl sites for hydroxylation is 1.